The Labute approximate surface area is 80.9 Å². The summed E-state index contributed by atoms with van der Waals surface area (Å²) in [6.45, 7) is 1.89. The van der Waals surface area contributed by atoms with Crippen molar-refractivity contribution in [1.29, 1.82) is 0 Å². The lowest BCUT2D eigenvalue weighted by atomic mass is 10.3. The number of nitrogens with one attached hydrogen (secondary N) is 2. The van der Waals surface area contributed by atoms with Gasteiger partial charge < -0.3 is 9.97 Å². The molecule has 0 radical (unpaired) electrons. The number of aromatic nitrogens is 3. The summed E-state index contributed by atoms with van der Waals surface area (Å²) in [5.74, 6) is 0.831. The third kappa shape index (κ3) is 1.67. The Bertz CT molecular complexity index is 456. The van der Waals surface area contributed by atoms with Gasteiger partial charge in [0, 0.05) is 12.3 Å². The van der Waals surface area contributed by atoms with Crippen LogP contribution in [0, 0.1) is 11.6 Å². The van der Waals surface area contributed by atoms with Crippen LogP contribution in [-0.2, 0) is 0 Å². The van der Waals surface area contributed by atoms with Gasteiger partial charge in [-0.3, -0.25) is 0 Å². The Morgan fingerprint density at radius 2 is 2.23 bits per heavy atom. The summed E-state index contributed by atoms with van der Waals surface area (Å²) in [6.07, 6.45) is 1.88. The summed E-state index contributed by atoms with van der Waals surface area (Å²) >= 11 is 5.02. The van der Waals surface area contributed by atoms with Crippen molar-refractivity contribution in [2.24, 2.45) is 0 Å². The van der Waals surface area contributed by atoms with E-state index in [9.17, 15) is 0 Å². The summed E-state index contributed by atoms with van der Waals surface area (Å²) in [6, 6.07) is 5.77. The molecule has 0 unspecified atom stereocenters. The molecule has 0 bridgehead atoms. The topological polar surface area (TPSA) is 44.5 Å². The van der Waals surface area contributed by atoms with E-state index in [4.69, 9.17) is 12.2 Å². The first kappa shape index (κ1) is 8.19. The maximum Gasteiger partial charge on any atom is 0.130 e. The minimum atomic E-state index is 0.612. The maximum atomic E-state index is 5.02. The first-order valence-corrected chi connectivity index (χ1v) is 4.38. The molecule has 0 atom stereocenters. The van der Waals surface area contributed by atoms with E-state index in [0.717, 1.165) is 17.2 Å². The predicted molar refractivity (Wildman–Crippen MR) is 53.9 cm³/mol. The van der Waals surface area contributed by atoms with Gasteiger partial charge >= 0.3 is 0 Å². The number of nitrogens with zero attached hydrogens (tertiary/aromatic N) is 1. The molecule has 2 aromatic heterocycles. The molecule has 0 fully saturated rings. The second kappa shape index (κ2) is 3.14. The number of aromatic amines is 2. The summed E-state index contributed by atoms with van der Waals surface area (Å²) in [7, 11) is 0. The standard InChI is InChI=1S/C9H9N3S/c1-6-11-8(5-9(13)12-6)7-3-2-4-10-7/h2-5,10H,1H3,(H,11,12,13). The molecule has 66 valence electrons. The van der Waals surface area contributed by atoms with Crippen LogP contribution in [0.2, 0.25) is 0 Å². The molecule has 2 aromatic rings. The second-order valence-corrected chi connectivity index (χ2v) is 3.22. The molecule has 0 spiro atoms. The van der Waals surface area contributed by atoms with Crippen LogP contribution in [0.25, 0.3) is 11.4 Å². The number of rotatable bonds is 1. The lowest BCUT2D eigenvalue weighted by molar-refractivity contribution is 1.04. The third-order valence-corrected chi connectivity index (χ3v) is 1.96. The molecular formula is C9H9N3S. The van der Waals surface area contributed by atoms with Crippen molar-refractivity contribution in [3.05, 3.63) is 34.9 Å². The van der Waals surface area contributed by atoms with Crippen LogP contribution >= 0.6 is 12.2 Å². The minimum absolute atomic E-state index is 0.612. The van der Waals surface area contributed by atoms with Crippen molar-refractivity contribution < 1.29 is 0 Å². The van der Waals surface area contributed by atoms with Gasteiger partial charge in [-0.15, -0.1) is 0 Å². The highest BCUT2D eigenvalue weighted by Crippen LogP contribution is 2.13. The molecule has 4 heteroatoms. The quantitative estimate of drug-likeness (QED) is 0.680. The Balaban J connectivity index is 2.59. The van der Waals surface area contributed by atoms with Crippen LogP contribution in [0.4, 0.5) is 0 Å². The zero-order valence-corrected chi connectivity index (χ0v) is 7.98. The van der Waals surface area contributed by atoms with Gasteiger partial charge in [0.2, 0.25) is 0 Å². The minimum Gasteiger partial charge on any atom is -0.360 e. The van der Waals surface area contributed by atoms with Crippen LogP contribution in [0.3, 0.4) is 0 Å². The van der Waals surface area contributed by atoms with E-state index >= 15 is 0 Å². The second-order valence-electron chi connectivity index (χ2n) is 2.80. The highest BCUT2D eigenvalue weighted by molar-refractivity contribution is 7.71. The van der Waals surface area contributed by atoms with Gasteiger partial charge in [-0.05, 0) is 19.1 Å². The monoisotopic (exact) mass is 191 g/mol. The Morgan fingerprint density at radius 3 is 2.85 bits per heavy atom. The molecule has 2 rings (SSSR count). The zero-order valence-electron chi connectivity index (χ0n) is 7.16. The summed E-state index contributed by atoms with van der Waals surface area (Å²) in [4.78, 5) is 10.3. The molecule has 0 aliphatic rings. The summed E-state index contributed by atoms with van der Waals surface area (Å²) in [5.41, 5.74) is 2.00. The van der Waals surface area contributed by atoms with E-state index < -0.39 is 0 Å². The van der Waals surface area contributed by atoms with Crippen LogP contribution in [0.5, 0.6) is 0 Å². The molecule has 0 saturated heterocycles. The van der Waals surface area contributed by atoms with Gasteiger partial charge in [-0.25, -0.2) is 4.98 Å². The smallest absolute Gasteiger partial charge is 0.130 e. The largest absolute Gasteiger partial charge is 0.360 e. The summed E-state index contributed by atoms with van der Waals surface area (Å²) < 4.78 is 0.612. The molecule has 0 aromatic carbocycles. The lowest BCUT2D eigenvalue weighted by Gasteiger charge is -1.99. The maximum absolute atomic E-state index is 5.02. The highest BCUT2D eigenvalue weighted by atomic mass is 32.1. The van der Waals surface area contributed by atoms with Crippen LogP contribution < -0.4 is 0 Å². The van der Waals surface area contributed by atoms with Gasteiger partial charge in [0.25, 0.3) is 0 Å². The Kier molecular flexibility index (Phi) is 1.98. The average Bonchev–Trinajstić information content (AvgIpc) is 2.53. The SMILES string of the molecule is Cc1nc(=S)cc(-c2ccc[nH]2)[nH]1. The number of hydrogen-bond donors (Lipinski definition) is 2. The fourth-order valence-electron chi connectivity index (χ4n) is 1.22. The molecule has 13 heavy (non-hydrogen) atoms. The van der Waals surface area contributed by atoms with Gasteiger partial charge in [0.05, 0.1) is 11.4 Å². The van der Waals surface area contributed by atoms with E-state index in [0.29, 0.717) is 4.64 Å². The summed E-state index contributed by atoms with van der Waals surface area (Å²) in [5, 5.41) is 0. The Hall–Kier alpha value is -1.42. The van der Waals surface area contributed by atoms with Crippen molar-refractivity contribution in [3.8, 4) is 11.4 Å². The third-order valence-electron chi connectivity index (χ3n) is 1.75. The van der Waals surface area contributed by atoms with E-state index in [1.165, 1.54) is 0 Å². The van der Waals surface area contributed by atoms with Crippen LogP contribution in [0.15, 0.2) is 24.4 Å². The van der Waals surface area contributed by atoms with Crippen molar-refractivity contribution in [2.75, 3.05) is 0 Å². The first-order valence-electron chi connectivity index (χ1n) is 3.97. The number of H-pyrrole nitrogens is 2. The molecule has 3 nitrogen and oxygen atoms in total. The molecule has 2 heterocycles. The molecule has 0 aliphatic heterocycles. The van der Waals surface area contributed by atoms with Gasteiger partial charge in [0.1, 0.15) is 10.5 Å². The fraction of sp³-hybridized carbons (Fsp3) is 0.111. The molecule has 0 amide bonds. The first-order chi connectivity index (χ1) is 6.25. The molecular weight excluding hydrogens is 182 g/mol. The number of hydrogen-bond acceptors (Lipinski definition) is 2. The van der Waals surface area contributed by atoms with E-state index in [1.54, 1.807) is 0 Å². The zero-order chi connectivity index (χ0) is 9.26. The molecule has 0 aliphatic carbocycles. The highest BCUT2D eigenvalue weighted by Gasteiger charge is 1.98. The van der Waals surface area contributed by atoms with Crippen molar-refractivity contribution in [1.82, 2.24) is 15.0 Å². The molecule has 0 saturated carbocycles. The fourth-order valence-corrected chi connectivity index (χ4v) is 1.48. The van der Waals surface area contributed by atoms with E-state index in [-0.39, 0.29) is 0 Å². The van der Waals surface area contributed by atoms with Crippen molar-refractivity contribution >= 4 is 12.2 Å². The molecule has 2 N–H and O–H groups in total. The predicted octanol–water partition coefficient (Wildman–Crippen LogP) is 2.44. The Morgan fingerprint density at radius 1 is 1.38 bits per heavy atom. The van der Waals surface area contributed by atoms with E-state index in [1.807, 2.05) is 31.3 Å². The van der Waals surface area contributed by atoms with Crippen molar-refractivity contribution in [2.45, 2.75) is 6.92 Å². The van der Waals surface area contributed by atoms with Crippen LogP contribution in [0.1, 0.15) is 5.82 Å². The van der Waals surface area contributed by atoms with E-state index in [2.05, 4.69) is 15.0 Å². The number of aryl methyl sites for hydroxylation is 1. The van der Waals surface area contributed by atoms with Gasteiger partial charge in [-0.2, -0.15) is 0 Å². The van der Waals surface area contributed by atoms with Gasteiger partial charge in [-0.1, -0.05) is 12.2 Å². The van der Waals surface area contributed by atoms with Crippen LogP contribution in [-0.4, -0.2) is 15.0 Å². The van der Waals surface area contributed by atoms with Crippen molar-refractivity contribution in [3.63, 3.8) is 0 Å². The average molecular weight is 191 g/mol. The lowest BCUT2D eigenvalue weighted by Crippen LogP contribution is -1.91. The van der Waals surface area contributed by atoms with Gasteiger partial charge in [0.15, 0.2) is 0 Å². The normalized spacial score (nSPS) is 10.2.